The Kier molecular flexibility index (Phi) is 3.54. The minimum absolute atomic E-state index is 0.175. The van der Waals surface area contributed by atoms with Crippen molar-refractivity contribution in [3.05, 3.63) is 47.1 Å². The first kappa shape index (κ1) is 14.1. The highest BCUT2D eigenvalue weighted by atomic mass is 16.3. The Labute approximate surface area is 127 Å². The minimum atomic E-state index is -0.175. The first-order valence-corrected chi connectivity index (χ1v) is 6.91. The van der Waals surface area contributed by atoms with Crippen LogP contribution in [0.15, 0.2) is 28.7 Å². The van der Waals surface area contributed by atoms with E-state index in [4.69, 9.17) is 4.42 Å². The molecule has 0 fully saturated rings. The normalized spacial score (nSPS) is 10.9. The number of aromatic amines is 2. The molecule has 1 amide bonds. The van der Waals surface area contributed by atoms with Crippen molar-refractivity contribution >= 4 is 5.91 Å². The summed E-state index contributed by atoms with van der Waals surface area (Å²) in [5, 5.41) is 13.9. The monoisotopic (exact) mass is 299 g/mol. The maximum absolute atomic E-state index is 12.4. The van der Waals surface area contributed by atoms with Crippen molar-refractivity contribution in [2.75, 3.05) is 7.05 Å². The lowest BCUT2D eigenvalue weighted by molar-refractivity contribution is 0.0777. The fourth-order valence-corrected chi connectivity index (χ4v) is 2.20. The number of nitrogens with zero attached hydrogens (tertiary/aromatic N) is 3. The highest BCUT2D eigenvalue weighted by Crippen LogP contribution is 2.20. The van der Waals surface area contributed by atoms with Gasteiger partial charge in [0.15, 0.2) is 11.5 Å². The van der Waals surface area contributed by atoms with Crippen LogP contribution < -0.4 is 0 Å². The number of aryl methyl sites for hydroxylation is 2. The molecular formula is C15H17N5O2. The number of H-pyrrole nitrogens is 2. The van der Waals surface area contributed by atoms with Crippen LogP contribution in [-0.4, -0.2) is 38.2 Å². The molecule has 7 nitrogen and oxygen atoms in total. The maximum Gasteiger partial charge on any atom is 0.274 e. The number of hydrogen-bond acceptors (Lipinski definition) is 4. The van der Waals surface area contributed by atoms with Crippen molar-refractivity contribution in [3.63, 3.8) is 0 Å². The van der Waals surface area contributed by atoms with Gasteiger partial charge in [-0.05, 0) is 32.0 Å². The van der Waals surface area contributed by atoms with Crippen LogP contribution >= 0.6 is 0 Å². The summed E-state index contributed by atoms with van der Waals surface area (Å²) in [5.41, 5.74) is 2.80. The minimum Gasteiger partial charge on any atom is -0.460 e. The lowest BCUT2D eigenvalue weighted by atomic mass is 10.2. The molecule has 7 heteroatoms. The highest BCUT2D eigenvalue weighted by Gasteiger charge is 2.18. The van der Waals surface area contributed by atoms with Crippen LogP contribution in [0, 0.1) is 13.8 Å². The molecule has 3 aromatic rings. The van der Waals surface area contributed by atoms with Gasteiger partial charge in [0.05, 0.1) is 12.2 Å². The molecule has 0 aromatic carbocycles. The third kappa shape index (κ3) is 2.78. The number of hydrogen-bond donors (Lipinski definition) is 2. The van der Waals surface area contributed by atoms with E-state index in [0.717, 1.165) is 17.1 Å². The van der Waals surface area contributed by atoms with Crippen LogP contribution in [0.4, 0.5) is 0 Å². The zero-order valence-electron chi connectivity index (χ0n) is 12.7. The molecule has 0 aliphatic rings. The van der Waals surface area contributed by atoms with Crippen molar-refractivity contribution in [2.45, 2.75) is 20.4 Å². The second kappa shape index (κ2) is 5.51. The average Bonchev–Trinajstić information content (AvgIpc) is 3.19. The first-order chi connectivity index (χ1) is 10.5. The van der Waals surface area contributed by atoms with Crippen LogP contribution in [0.25, 0.3) is 11.5 Å². The van der Waals surface area contributed by atoms with E-state index in [1.807, 2.05) is 32.0 Å². The summed E-state index contributed by atoms with van der Waals surface area (Å²) >= 11 is 0. The van der Waals surface area contributed by atoms with E-state index in [-0.39, 0.29) is 5.91 Å². The van der Waals surface area contributed by atoms with E-state index < -0.39 is 0 Å². The van der Waals surface area contributed by atoms with Crippen molar-refractivity contribution in [2.24, 2.45) is 0 Å². The predicted molar refractivity (Wildman–Crippen MR) is 80.1 cm³/mol. The molecule has 114 valence electrons. The van der Waals surface area contributed by atoms with E-state index in [2.05, 4.69) is 20.4 Å². The van der Waals surface area contributed by atoms with Gasteiger partial charge in [-0.15, -0.1) is 0 Å². The largest absolute Gasteiger partial charge is 0.460 e. The lowest BCUT2D eigenvalue weighted by Crippen LogP contribution is -2.26. The number of aromatic nitrogens is 4. The highest BCUT2D eigenvalue weighted by molar-refractivity contribution is 5.93. The summed E-state index contributed by atoms with van der Waals surface area (Å²) in [6.07, 6.45) is 0. The van der Waals surface area contributed by atoms with E-state index >= 15 is 0 Å². The van der Waals surface area contributed by atoms with Crippen molar-refractivity contribution in [3.8, 4) is 11.5 Å². The zero-order chi connectivity index (χ0) is 15.7. The molecule has 3 rings (SSSR count). The van der Waals surface area contributed by atoms with Crippen LogP contribution in [0.5, 0.6) is 0 Å². The standard InChI is InChI=1S/C15H17N5O2/c1-9-6-11(17-16-9)8-20(3)15(21)13-7-12(18-19-13)14-5-4-10(2)22-14/h4-7H,8H2,1-3H3,(H,16,17)(H,18,19). The van der Waals surface area contributed by atoms with Gasteiger partial charge in [0.25, 0.3) is 5.91 Å². The van der Waals surface area contributed by atoms with Gasteiger partial charge in [0.1, 0.15) is 11.5 Å². The molecule has 2 N–H and O–H groups in total. The van der Waals surface area contributed by atoms with Crippen LogP contribution in [0.1, 0.15) is 27.6 Å². The number of rotatable bonds is 4. The molecule has 0 bridgehead atoms. The number of furan rings is 1. The Morgan fingerprint density at radius 1 is 1.23 bits per heavy atom. The number of amides is 1. The van der Waals surface area contributed by atoms with Crippen LogP contribution in [0.3, 0.4) is 0 Å². The number of nitrogens with one attached hydrogen (secondary N) is 2. The third-order valence-corrected chi connectivity index (χ3v) is 3.31. The lowest BCUT2D eigenvalue weighted by Gasteiger charge is -2.13. The molecule has 3 aromatic heterocycles. The zero-order valence-corrected chi connectivity index (χ0v) is 12.7. The van der Waals surface area contributed by atoms with Crippen LogP contribution in [-0.2, 0) is 6.54 Å². The molecule has 0 atom stereocenters. The van der Waals surface area contributed by atoms with Gasteiger partial charge in [0.2, 0.25) is 0 Å². The van der Waals surface area contributed by atoms with Crippen molar-refractivity contribution in [1.82, 2.24) is 25.3 Å². The van der Waals surface area contributed by atoms with Gasteiger partial charge in [0, 0.05) is 18.8 Å². The summed E-state index contributed by atoms with van der Waals surface area (Å²) in [5.74, 6) is 1.30. The van der Waals surface area contributed by atoms with Gasteiger partial charge in [-0.3, -0.25) is 15.0 Å². The van der Waals surface area contributed by atoms with Crippen molar-refractivity contribution < 1.29 is 9.21 Å². The SMILES string of the molecule is Cc1cc(CN(C)C(=O)c2cc(-c3ccc(C)o3)[nH]n2)n[nH]1. The molecule has 0 radical (unpaired) electrons. The van der Waals surface area contributed by atoms with Crippen molar-refractivity contribution in [1.29, 1.82) is 0 Å². The molecule has 22 heavy (non-hydrogen) atoms. The summed E-state index contributed by atoms with van der Waals surface area (Å²) in [6, 6.07) is 7.30. The second-order valence-corrected chi connectivity index (χ2v) is 5.28. The van der Waals surface area contributed by atoms with Gasteiger partial charge in [-0.1, -0.05) is 0 Å². The smallest absolute Gasteiger partial charge is 0.274 e. The summed E-state index contributed by atoms with van der Waals surface area (Å²) in [7, 11) is 1.72. The quantitative estimate of drug-likeness (QED) is 0.773. The molecule has 0 aliphatic carbocycles. The number of carbonyl (C=O) groups excluding carboxylic acids is 1. The van der Waals surface area contributed by atoms with E-state index in [9.17, 15) is 4.79 Å². The number of carbonyl (C=O) groups is 1. The fourth-order valence-electron chi connectivity index (χ4n) is 2.20. The molecule has 0 unspecified atom stereocenters. The van der Waals surface area contributed by atoms with Crippen LogP contribution in [0.2, 0.25) is 0 Å². The predicted octanol–water partition coefficient (Wildman–Crippen LogP) is 2.28. The van der Waals surface area contributed by atoms with Gasteiger partial charge >= 0.3 is 0 Å². The molecule has 0 saturated carbocycles. The van der Waals surface area contributed by atoms with E-state index in [0.29, 0.717) is 23.7 Å². The Morgan fingerprint density at radius 3 is 2.68 bits per heavy atom. The Morgan fingerprint density at radius 2 is 2.05 bits per heavy atom. The molecular weight excluding hydrogens is 282 g/mol. The third-order valence-electron chi connectivity index (χ3n) is 3.31. The fraction of sp³-hybridized carbons (Fsp3) is 0.267. The molecule has 0 spiro atoms. The average molecular weight is 299 g/mol. The Hall–Kier alpha value is -2.83. The second-order valence-electron chi connectivity index (χ2n) is 5.28. The summed E-state index contributed by atoms with van der Waals surface area (Å²) in [4.78, 5) is 14.0. The topological polar surface area (TPSA) is 90.8 Å². The van der Waals surface area contributed by atoms with Gasteiger partial charge < -0.3 is 9.32 Å². The van der Waals surface area contributed by atoms with E-state index in [1.54, 1.807) is 18.0 Å². The first-order valence-electron chi connectivity index (χ1n) is 6.91. The molecule has 0 aliphatic heterocycles. The van der Waals surface area contributed by atoms with Gasteiger partial charge in [-0.25, -0.2) is 0 Å². The molecule has 3 heterocycles. The Bertz CT molecular complexity index is 798. The summed E-state index contributed by atoms with van der Waals surface area (Å²) in [6.45, 7) is 4.21. The van der Waals surface area contributed by atoms with Gasteiger partial charge in [-0.2, -0.15) is 10.2 Å². The van der Waals surface area contributed by atoms with E-state index in [1.165, 1.54) is 0 Å². The Balaban J connectivity index is 1.73. The molecule has 0 saturated heterocycles. The maximum atomic E-state index is 12.4. The summed E-state index contributed by atoms with van der Waals surface area (Å²) < 4.78 is 5.51.